The Morgan fingerprint density at radius 2 is 1.73 bits per heavy atom. The van der Waals surface area contributed by atoms with Crippen molar-refractivity contribution >= 4 is 46.0 Å². The lowest BCUT2D eigenvalue weighted by Gasteiger charge is -2.29. The van der Waals surface area contributed by atoms with E-state index in [0.29, 0.717) is 28.2 Å². The van der Waals surface area contributed by atoms with Crippen LogP contribution in [0.15, 0.2) is 83.6 Å². The van der Waals surface area contributed by atoms with E-state index in [1.165, 1.54) is 19.2 Å². The largest absolute Gasteiger partial charge is 0.488 e. The van der Waals surface area contributed by atoms with Gasteiger partial charge in [0, 0.05) is 28.3 Å². The number of nitrogens with one attached hydrogen (secondary N) is 1. The molecule has 0 aromatic heterocycles. The number of esters is 1. The highest BCUT2D eigenvalue weighted by Crippen LogP contribution is 2.47. The number of methoxy groups -OCH3 is 1. The van der Waals surface area contributed by atoms with Crippen molar-refractivity contribution in [3.63, 3.8) is 0 Å². The van der Waals surface area contributed by atoms with E-state index in [4.69, 9.17) is 14.6 Å². The van der Waals surface area contributed by atoms with Gasteiger partial charge in [0.15, 0.2) is 5.78 Å². The molecule has 37 heavy (non-hydrogen) atoms. The first-order valence-electron chi connectivity index (χ1n) is 11.5. The van der Waals surface area contributed by atoms with Crippen molar-refractivity contribution < 1.29 is 29.0 Å². The van der Waals surface area contributed by atoms with E-state index >= 15 is 0 Å². The molecular formula is C29H22INO6. The lowest BCUT2D eigenvalue weighted by molar-refractivity contribution is -0.136. The molecule has 186 valence electrons. The lowest BCUT2D eigenvalue weighted by atomic mass is 9.80. The standard InChI is InChI=1S/C29H22INO6/c1-15-23(29(35)36-2)24(25-26(31-15)19-5-3-4-6-20(19)27(25)32)18-11-12-22(21(30)13-18)37-14-16-7-9-17(10-8-16)28(33)34/h3-13,24,31H,14H2,1-2H3,(H,33,34)/t24-/m0/s1. The van der Waals surface area contributed by atoms with E-state index in [0.717, 1.165) is 26.0 Å². The third kappa shape index (κ3) is 4.42. The van der Waals surface area contributed by atoms with Crippen LogP contribution >= 0.6 is 22.6 Å². The Kier molecular flexibility index (Phi) is 6.59. The summed E-state index contributed by atoms with van der Waals surface area (Å²) in [5, 5.41) is 12.3. The molecule has 0 saturated carbocycles. The number of Topliss-reactive ketones (excluding diaryl/α,β-unsaturated/α-hetero) is 1. The van der Waals surface area contributed by atoms with Crippen molar-refractivity contribution in [2.45, 2.75) is 19.4 Å². The fourth-order valence-electron chi connectivity index (χ4n) is 4.76. The number of halogens is 1. The van der Waals surface area contributed by atoms with Crippen molar-refractivity contribution in [1.29, 1.82) is 0 Å². The summed E-state index contributed by atoms with van der Waals surface area (Å²) in [7, 11) is 1.33. The zero-order chi connectivity index (χ0) is 26.3. The second-order valence-electron chi connectivity index (χ2n) is 8.73. The number of ether oxygens (including phenoxy) is 2. The molecule has 2 aliphatic rings. The van der Waals surface area contributed by atoms with Gasteiger partial charge in [-0.25, -0.2) is 9.59 Å². The average molecular weight is 607 g/mol. The van der Waals surface area contributed by atoms with Gasteiger partial charge in [-0.1, -0.05) is 42.5 Å². The summed E-state index contributed by atoms with van der Waals surface area (Å²) in [6, 6.07) is 19.5. The first-order valence-corrected chi connectivity index (χ1v) is 12.6. The molecule has 1 heterocycles. The molecule has 2 N–H and O–H groups in total. The monoisotopic (exact) mass is 607 g/mol. The number of dihydropyridines is 1. The second kappa shape index (κ2) is 9.85. The highest BCUT2D eigenvalue weighted by atomic mass is 127. The highest BCUT2D eigenvalue weighted by Gasteiger charge is 2.42. The molecule has 3 aromatic rings. The molecule has 0 radical (unpaired) electrons. The van der Waals surface area contributed by atoms with E-state index in [2.05, 4.69) is 27.9 Å². The topological polar surface area (TPSA) is 102 Å². The van der Waals surface area contributed by atoms with Crippen molar-refractivity contribution in [2.24, 2.45) is 0 Å². The van der Waals surface area contributed by atoms with E-state index < -0.39 is 17.9 Å². The third-order valence-electron chi connectivity index (χ3n) is 6.54. The van der Waals surface area contributed by atoms with Crippen LogP contribution in [-0.4, -0.2) is 29.9 Å². The molecular weight excluding hydrogens is 585 g/mol. The Labute approximate surface area is 226 Å². The van der Waals surface area contributed by atoms with Gasteiger partial charge in [-0.15, -0.1) is 0 Å². The number of benzene rings is 3. The summed E-state index contributed by atoms with van der Waals surface area (Å²) in [5.41, 5.74) is 5.52. The quantitative estimate of drug-likeness (QED) is 0.290. The minimum Gasteiger partial charge on any atom is -0.488 e. The molecule has 1 aliphatic carbocycles. The van der Waals surface area contributed by atoms with Crippen LogP contribution in [0, 0.1) is 3.57 Å². The molecule has 1 atom stereocenters. The van der Waals surface area contributed by atoms with Gasteiger partial charge in [0.25, 0.3) is 0 Å². The first-order chi connectivity index (χ1) is 17.8. The van der Waals surface area contributed by atoms with E-state index in [-0.39, 0.29) is 18.0 Å². The number of carbonyl (C=O) groups is 3. The van der Waals surface area contributed by atoms with Crippen LogP contribution in [0.1, 0.15) is 50.2 Å². The van der Waals surface area contributed by atoms with Crippen LogP contribution in [-0.2, 0) is 16.1 Å². The molecule has 5 rings (SSSR count). The molecule has 1 aliphatic heterocycles. The molecule has 8 heteroatoms. The highest BCUT2D eigenvalue weighted by molar-refractivity contribution is 14.1. The molecule has 0 bridgehead atoms. The van der Waals surface area contributed by atoms with Crippen LogP contribution in [0.3, 0.4) is 0 Å². The zero-order valence-electron chi connectivity index (χ0n) is 20.0. The number of carboxylic acids is 1. The molecule has 0 spiro atoms. The summed E-state index contributed by atoms with van der Waals surface area (Å²) < 4.78 is 11.9. The molecule has 7 nitrogen and oxygen atoms in total. The predicted molar refractivity (Wildman–Crippen MR) is 145 cm³/mol. The summed E-state index contributed by atoms with van der Waals surface area (Å²) in [5.74, 6) is -1.55. The van der Waals surface area contributed by atoms with E-state index in [1.807, 2.05) is 43.3 Å². The smallest absolute Gasteiger partial charge is 0.336 e. The maximum Gasteiger partial charge on any atom is 0.336 e. The SMILES string of the molecule is COC(=O)C1=C(C)NC2=C(C(=O)c3ccccc32)[C@H]1c1ccc(OCc2ccc(C(=O)O)cc2)c(I)c1. The maximum atomic E-state index is 13.5. The summed E-state index contributed by atoms with van der Waals surface area (Å²) in [6.07, 6.45) is 0. The van der Waals surface area contributed by atoms with Crippen LogP contribution in [0.25, 0.3) is 5.70 Å². The van der Waals surface area contributed by atoms with E-state index in [9.17, 15) is 14.4 Å². The molecule has 3 aromatic carbocycles. The van der Waals surface area contributed by atoms with Crippen LogP contribution in [0.4, 0.5) is 0 Å². The summed E-state index contributed by atoms with van der Waals surface area (Å²) in [6.45, 7) is 2.07. The van der Waals surface area contributed by atoms with Gasteiger partial charge in [0.2, 0.25) is 0 Å². The summed E-state index contributed by atoms with van der Waals surface area (Å²) >= 11 is 2.17. The normalized spacial score (nSPS) is 16.2. The molecule has 0 fully saturated rings. The van der Waals surface area contributed by atoms with Crippen LogP contribution < -0.4 is 10.1 Å². The number of fused-ring (bicyclic) bond motifs is 2. The Balaban J connectivity index is 1.49. The van der Waals surface area contributed by atoms with Gasteiger partial charge < -0.3 is 19.9 Å². The van der Waals surface area contributed by atoms with Crippen molar-refractivity contribution in [3.05, 3.63) is 115 Å². The number of carboxylic acid groups (broad SMARTS) is 1. The number of rotatable bonds is 6. The van der Waals surface area contributed by atoms with E-state index in [1.54, 1.807) is 18.2 Å². The Morgan fingerprint density at radius 3 is 2.38 bits per heavy atom. The minimum absolute atomic E-state index is 0.114. The van der Waals surface area contributed by atoms with Gasteiger partial charge in [-0.3, -0.25) is 4.79 Å². The minimum atomic E-state index is -0.978. The number of hydrogen-bond acceptors (Lipinski definition) is 6. The fraction of sp³-hybridized carbons (Fsp3) is 0.138. The van der Waals surface area contributed by atoms with Crippen molar-refractivity contribution in [3.8, 4) is 5.75 Å². The van der Waals surface area contributed by atoms with Gasteiger partial charge in [0.1, 0.15) is 12.4 Å². The van der Waals surface area contributed by atoms with Crippen molar-refractivity contribution in [2.75, 3.05) is 7.11 Å². The first kappa shape index (κ1) is 24.8. The number of aromatic carboxylic acids is 1. The Bertz CT molecular complexity index is 1520. The number of ketones is 1. The third-order valence-corrected chi connectivity index (χ3v) is 7.38. The fourth-order valence-corrected chi connectivity index (χ4v) is 5.46. The molecule has 0 saturated heterocycles. The van der Waals surface area contributed by atoms with Gasteiger partial charge >= 0.3 is 11.9 Å². The Hall–Kier alpha value is -3.92. The molecule has 0 amide bonds. The van der Waals surface area contributed by atoms with Crippen LogP contribution in [0.2, 0.25) is 0 Å². The number of hydrogen-bond donors (Lipinski definition) is 2. The predicted octanol–water partition coefficient (Wildman–Crippen LogP) is 5.31. The number of allylic oxidation sites excluding steroid dienone is 2. The van der Waals surface area contributed by atoms with Crippen LogP contribution in [0.5, 0.6) is 5.75 Å². The molecule has 0 unspecified atom stereocenters. The van der Waals surface area contributed by atoms with Gasteiger partial charge in [0.05, 0.1) is 27.5 Å². The lowest BCUT2D eigenvalue weighted by Crippen LogP contribution is -2.29. The van der Waals surface area contributed by atoms with Gasteiger partial charge in [-0.05, 0) is 64.9 Å². The Morgan fingerprint density at radius 1 is 1.03 bits per heavy atom. The number of carbonyl (C=O) groups excluding carboxylic acids is 2. The van der Waals surface area contributed by atoms with Crippen molar-refractivity contribution in [1.82, 2.24) is 5.32 Å². The summed E-state index contributed by atoms with van der Waals surface area (Å²) in [4.78, 5) is 37.5. The average Bonchev–Trinajstić information content (AvgIpc) is 3.18. The zero-order valence-corrected chi connectivity index (χ0v) is 22.2. The maximum absolute atomic E-state index is 13.5. The van der Waals surface area contributed by atoms with Gasteiger partial charge in [-0.2, -0.15) is 0 Å². The second-order valence-corrected chi connectivity index (χ2v) is 9.89.